The zero-order valence-corrected chi connectivity index (χ0v) is 16.4. The standard InChI is InChI=1S/C16H23N5O2S2/c1-4-10(2)17-11(22)9-24-15-18-13-12(14(23)20(15)3)25-16(19-13)21-7-5-6-8-21/h10H,4-9H2,1-3H3,(H,17,22)/t10-/m1/s1. The van der Waals surface area contributed by atoms with Crippen LogP contribution in [0.4, 0.5) is 5.13 Å². The molecule has 1 aliphatic rings. The molecule has 0 aromatic carbocycles. The second-order valence-electron chi connectivity index (χ2n) is 6.27. The Labute approximate surface area is 154 Å². The number of nitrogens with zero attached hydrogens (tertiary/aromatic N) is 4. The maximum atomic E-state index is 12.6. The number of amides is 1. The normalized spacial score (nSPS) is 15.7. The minimum absolute atomic E-state index is 0.0512. The monoisotopic (exact) mass is 381 g/mol. The van der Waals surface area contributed by atoms with Crippen LogP contribution in [0.2, 0.25) is 0 Å². The van der Waals surface area contributed by atoms with Crippen LogP contribution in [0.25, 0.3) is 10.3 Å². The minimum atomic E-state index is -0.0993. The number of carbonyl (C=O) groups excluding carboxylic acids is 1. The summed E-state index contributed by atoms with van der Waals surface area (Å²) in [6.07, 6.45) is 3.21. The van der Waals surface area contributed by atoms with E-state index >= 15 is 0 Å². The van der Waals surface area contributed by atoms with Gasteiger partial charge in [0, 0.05) is 26.2 Å². The molecule has 0 saturated carbocycles. The van der Waals surface area contributed by atoms with E-state index in [-0.39, 0.29) is 23.3 Å². The van der Waals surface area contributed by atoms with E-state index < -0.39 is 0 Å². The molecule has 1 N–H and O–H groups in total. The van der Waals surface area contributed by atoms with Crippen LogP contribution in [0, 0.1) is 0 Å². The summed E-state index contributed by atoms with van der Waals surface area (Å²) in [5.41, 5.74) is 0.387. The smallest absolute Gasteiger partial charge is 0.273 e. The number of fused-ring (bicyclic) bond motifs is 1. The molecule has 0 aliphatic carbocycles. The Morgan fingerprint density at radius 1 is 1.36 bits per heavy atom. The van der Waals surface area contributed by atoms with Gasteiger partial charge in [-0.05, 0) is 26.2 Å². The molecule has 0 spiro atoms. The summed E-state index contributed by atoms with van der Waals surface area (Å²) in [4.78, 5) is 35.8. The lowest BCUT2D eigenvalue weighted by atomic mass is 10.3. The second kappa shape index (κ2) is 7.74. The third-order valence-corrected chi connectivity index (χ3v) is 6.44. The number of anilines is 1. The van der Waals surface area contributed by atoms with Crippen LogP contribution in [0.3, 0.4) is 0 Å². The van der Waals surface area contributed by atoms with Crippen molar-refractivity contribution in [3.05, 3.63) is 10.4 Å². The van der Waals surface area contributed by atoms with Crippen molar-refractivity contribution in [2.24, 2.45) is 7.05 Å². The van der Waals surface area contributed by atoms with Crippen molar-refractivity contribution in [2.45, 2.75) is 44.3 Å². The summed E-state index contributed by atoms with van der Waals surface area (Å²) in [6, 6.07) is 0.147. The molecule has 1 aliphatic heterocycles. The second-order valence-corrected chi connectivity index (χ2v) is 8.19. The van der Waals surface area contributed by atoms with Gasteiger partial charge >= 0.3 is 0 Å². The predicted molar refractivity (Wildman–Crippen MR) is 103 cm³/mol. The first kappa shape index (κ1) is 18.2. The van der Waals surface area contributed by atoms with Crippen LogP contribution < -0.4 is 15.8 Å². The van der Waals surface area contributed by atoms with Crippen LogP contribution >= 0.6 is 23.1 Å². The number of aromatic nitrogens is 3. The number of hydrogen-bond acceptors (Lipinski definition) is 7. The summed E-state index contributed by atoms with van der Waals surface area (Å²) < 4.78 is 2.09. The Morgan fingerprint density at radius 2 is 2.08 bits per heavy atom. The van der Waals surface area contributed by atoms with Gasteiger partial charge in [-0.15, -0.1) is 0 Å². The molecule has 2 aromatic heterocycles. The molecule has 1 atom stereocenters. The van der Waals surface area contributed by atoms with Crippen LogP contribution in [-0.4, -0.2) is 45.3 Å². The highest BCUT2D eigenvalue weighted by Crippen LogP contribution is 2.29. The first-order valence-corrected chi connectivity index (χ1v) is 10.3. The van der Waals surface area contributed by atoms with E-state index in [4.69, 9.17) is 0 Å². The topological polar surface area (TPSA) is 80.1 Å². The summed E-state index contributed by atoms with van der Waals surface area (Å²) >= 11 is 2.68. The van der Waals surface area contributed by atoms with Crippen LogP contribution in [-0.2, 0) is 11.8 Å². The Balaban J connectivity index is 1.80. The van der Waals surface area contributed by atoms with Crippen LogP contribution in [0.1, 0.15) is 33.1 Å². The molecule has 1 fully saturated rings. The zero-order valence-electron chi connectivity index (χ0n) is 14.7. The number of hydrogen-bond donors (Lipinski definition) is 1. The van der Waals surface area contributed by atoms with Gasteiger partial charge in [0.15, 0.2) is 15.9 Å². The summed E-state index contributed by atoms with van der Waals surface area (Å²) in [5.74, 6) is 0.184. The average molecular weight is 382 g/mol. The third-order valence-electron chi connectivity index (χ3n) is 4.31. The maximum absolute atomic E-state index is 12.6. The van der Waals surface area contributed by atoms with Gasteiger partial charge in [-0.2, -0.15) is 4.98 Å². The van der Waals surface area contributed by atoms with Crippen molar-refractivity contribution in [3.63, 3.8) is 0 Å². The van der Waals surface area contributed by atoms with Crippen LogP contribution in [0.15, 0.2) is 9.95 Å². The SMILES string of the molecule is CC[C@@H](C)NC(=O)CSc1nc2nc(N3CCCC3)sc2c(=O)n1C. The van der Waals surface area contributed by atoms with Gasteiger partial charge in [0.1, 0.15) is 4.70 Å². The number of nitrogens with one attached hydrogen (secondary N) is 1. The van der Waals surface area contributed by atoms with Gasteiger partial charge in [0.2, 0.25) is 5.91 Å². The Kier molecular flexibility index (Phi) is 5.63. The van der Waals surface area contributed by atoms with Gasteiger partial charge in [-0.25, -0.2) is 4.98 Å². The van der Waals surface area contributed by atoms with Gasteiger partial charge < -0.3 is 10.2 Å². The van der Waals surface area contributed by atoms with Crippen molar-refractivity contribution >= 4 is 44.5 Å². The van der Waals surface area contributed by atoms with Crippen molar-refractivity contribution in [1.82, 2.24) is 19.9 Å². The third kappa shape index (κ3) is 3.98. The van der Waals surface area contributed by atoms with Gasteiger partial charge in [-0.3, -0.25) is 14.2 Å². The first-order chi connectivity index (χ1) is 12.0. The molecular weight excluding hydrogens is 358 g/mol. The predicted octanol–water partition coefficient (Wildman–Crippen LogP) is 2.00. The van der Waals surface area contributed by atoms with E-state index in [1.165, 1.54) is 27.7 Å². The van der Waals surface area contributed by atoms with E-state index in [1.54, 1.807) is 7.05 Å². The molecule has 1 saturated heterocycles. The van der Waals surface area contributed by atoms with Crippen LogP contribution in [0.5, 0.6) is 0 Å². The number of thiazole rings is 1. The van der Waals surface area contributed by atoms with Crippen molar-refractivity contribution in [1.29, 1.82) is 0 Å². The molecule has 0 radical (unpaired) electrons. The summed E-state index contributed by atoms with van der Waals surface area (Å²) in [5, 5.41) is 4.31. The quantitative estimate of drug-likeness (QED) is 0.609. The molecule has 9 heteroatoms. The molecule has 0 unspecified atom stereocenters. The van der Waals surface area contributed by atoms with Gasteiger partial charge in [0.25, 0.3) is 5.56 Å². The van der Waals surface area contributed by atoms with Crippen molar-refractivity contribution < 1.29 is 4.79 Å². The lowest BCUT2D eigenvalue weighted by Gasteiger charge is -2.11. The highest BCUT2D eigenvalue weighted by molar-refractivity contribution is 7.99. The lowest BCUT2D eigenvalue weighted by molar-refractivity contribution is -0.119. The number of carbonyl (C=O) groups is 1. The molecule has 2 aromatic rings. The molecule has 136 valence electrons. The number of rotatable bonds is 6. The molecule has 3 rings (SSSR count). The van der Waals surface area contributed by atoms with Gasteiger partial charge in [0.05, 0.1) is 5.75 Å². The van der Waals surface area contributed by atoms with E-state index in [0.717, 1.165) is 37.5 Å². The Bertz CT molecular complexity index is 826. The lowest BCUT2D eigenvalue weighted by Crippen LogP contribution is -2.33. The molecule has 3 heterocycles. The first-order valence-electron chi connectivity index (χ1n) is 8.54. The minimum Gasteiger partial charge on any atom is -0.353 e. The number of thioether (sulfide) groups is 1. The van der Waals surface area contributed by atoms with Crippen molar-refractivity contribution in [2.75, 3.05) is 23.7 Å². The fourth-order valence-corrected chi connectivity index (χ4v) is 4.45. The highest BCUT2D eigenvalue weighted by Gasteiger charge is 2.20. The Hall–Kier alpha value is -1.61. The average Bonchev–Trinajstić information content (AvgIpc) is 3.25. The van der Waals surface area contributed by atoms with E-state index in [1.807, 2.05) is 13.8 Å². The summed E-state index contributed by atoms with van der Waals surface area (Å²) in [7, 11) is 1.69. The maximum Gasteiger partial charge on any atom is 0.273 e. The zero-order chi connectivity index (χ0) is 18.0. The fraction of sp³-hybridized carbons (Fsp3) is 0.625. The van der Waals surface area contributed by atoms with Gasteiger partial charge in [-0.1, -0.05) is 30.0 Å². The molecule has 25 heavy (non-hydrogen) atoms. The molecular formula is C16H23N5O2S2. The Morgan fingerprint density at radius 3 is 2.76 bits per heavy atom. The van der Waals surface area contributed by atoms with Crippen molar-refractivity contribution in [3.8, 4) is 0 Å². The fourth-order valence-electron chi connectivity index (χ4n) is 2.64. The molecule has 7 nitrogen and oxygen atoms in total. The largest absolute Gasteiger partial charge is 0.353 e. The highest BCUT2D eigenvalue weighted by atomic mass is 32.2. The van der Waals surface area contributed by atoms with E-state index in [0.29, 0.717) is 15.5 Å². The summed E-state index contributed by atoms with van der Waals surface area (Å²) in [6.45, 7) is 5.96. The molecule has 1 amide bonds. The van der Waals surface area contributed by atoms with E-state index in [9.17, 15) is 9.59 Å². The van der Waals surface area contributed by atoms with E-state index in [2.05, 4.69) is 20.2 Å². The molecule has 0 bridgehead atoms.